The lowest BCUT2D eigenvalue weighted by Gasteiger charge is -2.24. The molecular weight excluding hydrogens is 538 g/mol. The second kappa shape index (κ2) is 9.79. The van der Waals surface area contributed by atoms with E-state index < -0.39 is 15.9 Å². The largest absolute Gasteiger partial charge is 0.341 e. The Morgan fingerprint density at radius 1 is 0.861 bits per heavy atom. The summed E-state index contributed by atoms with van der Waals surface area (Å²) >= 11 is 3.38. The average Bonchev–Trinajstić information content (AvgIpc) is 3.21. The minimum Gasteiger partial charge on any atom is -0.341 e. The highest BCUT2D eigenvalue weighted by molar-refractivity contribution is 9.10. The van der Waals surface area contributed by atoms with Gasteiger partial charge in [0.2, 0.25) is 5.91 Å². The standard InChI is InChI=1S/C28H24BrN3O3S/c1-2-31-26-11-7-6-10-24(26)25-18-21(14-17-27(25)31)30-28(33)19-32(22-15-12-20(29)13-16-22)36(34,35)23-8-4-3-5-9-23/h3-18H,2,19H2,1H3,(H,30,33). The maximum Gasteiger partial charge on any atom is 0.264 e. The van der Waals surface area contributed by atoms with Gasteiger partial charge in [0.1, 0.15) is 6.54 Å². The van der Waals surface area contributed by atoms with Crippen LogP contribution in [-0.4, -0.2) is 25.4 Å². The second-order valence-corrected chi connectivity index (χ2v) is 11.1. The van der Waals surface area contributed by atoms with E-state index in [4.69, 9.17) is 0 Å². The molecule has 0 aliphatic heterocycles. The first kappa shape index (κ1) is 24.1. The number of rotatable bonds is 7. The molecule has 1 amide bonds. The number of fused-ring (bicyclic) bond motifs is 3. The fraction of sp³-hybridized carbons (Fsp3) is 0.107. The number of amides is 1. The van der Waals surface area contributed by atoms with E-state index >= 15 is 0 Å². The normalized spacial score (nSPS) is 11.6. The van der Waals surface area contributed by atoms with Crippen molar-refractivity contribution in [2.45, 2.75) is 18.4 Å². The number of hydrogen-bond acceptors (Lipinski definition) is 3. The minimum absolute atomic E-state index is 0.120. The molecule has 6 nitrogen and oxygen atoms in total. The molecule has 36 heavy (non-hydrogen) atoms. The summed E-state index contributed by atoms with van der Waals surface area (Å²) in [6.07, 6.45) is 0. The van der Waals surface area contributed by atoms with Crippen LogP contribution in [0.2, 0.25) is 0 Å². The van der Waals surface area contributed by atoms with E-state index in [2.05, 4.69) is 44.9 Å². The van der Waals surface area contributed by atoms with Gasteiger partial charge in [0, 0.05) is 38.5 Å². The van der Waals surface area contributed by atoms with Crippen molar-refractivity contribution in [1.29, 1.82) is 0 Å². The molecule has 0 aliphatic carbocycles. The van der Waals surface area contributed by atoms with E-state index in [1.165, 1.54) is 12.1 Å². The first-order chi connectivity index (χ1) is 17.4. The first-order valence-corrected chi connectivity index (χ1v) is 13.8. The highest BCUT2D eigenvalue weighted by atomic mass is 79.9. The lowest BCUT2D eigenvalue weighted by atomic mass is 10.1. The number of carbonyl (C=O) groups excluding carboxylic acids is 1. The van der Waals surface area contributed by atoms with E-state index in [9.17, 15) is 13.2 Å². The van der Waals surface area contributed by atoms with Gasteiger partial charge in [0.25, 0.3) is 10.0 Å². The third kappa shape index (κ3) is 4.50. The van der Waals surface area contributed by atoms with E-state index in [1.54, 1.807) is 42.5 Å². The van der Waals surface area contributed by atoms with Gasteiger partial charge in [0.05, 0.1) is 10.6 Å². The van der Waals surface area contributed by atoms with Gasteiger partial charge in [-0.2, -0.15) is 0 Å². The van der Waals surface area contributed by atoms with E-state index in [0.29, 0.717) is 11.4 Å². The topological polar surface area (TPSA) is 71.4 Å². The molecule has 5 aromatic rings. The fourth-order valence-corrected chi connectivity index (χ4v) is 6.15. The van der Waals surface area contributed by atoms with Crippen molar-refractivity contribution in [2.75, 3.05) is 16.2 Å². The molecule has 0 atom stereocenters. The molecule has 1 aromatic heterocycles. The van der Waals surface area contributed by atoms with Gasteiger partial charge in [-0.25, -0.2) is 8.42 Å². The third-order valence-electron chi connectivity index (χ3n) is 6.11. The van der Waals surface area contributed by atoms with Gasteiger partial charge < -0.3 is 9.88 Å². The van der Waals surface area contributed by atoms with Crippen LogP contribution in [-0.2, 0) is 21.4 Å². The summed E-state index contributed by atoms with van der Waals surface area (Å²) in [6.45, 7) is 2.56. The molecule has 0 saturated carbocycles. The highest BCUT2D eigenvalue weighted by Crippen LogP contribution is 2.31. The zero-order chi connectivity index (χ0) is 25.3. The molecule has 1 heterocycles. The number of aromatic nitrogens is 1. The van der Waals surface area contributed by atoms with Gasteiger partial charge in [-0.15, -0.1) is 0 Å². The van der Waals surface area contributed by atoms with Crippen molar-refractivity contribution >= 4 is 65.0 Å². The number of nitrogens with zero attached hydrogens (tertiary/aromatic N) is 2. The number of halogens is 1. The lowest BCUT2D eigenvalue weighted by Crippen LogP contribution is -2.38. The van der Waals surface area contributed by atoms with Crippen molar-refractivity contribution < 1.29 is 13.2 Å². The summed E-state index contributed by atoms with van der Waals surface area (Å²) < 4.78 is 31.2. The van der Waals surface area contributed by atoms with Gasteiger partial charge in [0.15, 0.2) is 0 Å². The van der Waals surface area contributed by atoms with Gasteiger partial charge in [-0.3, -0.25) is 9.10 Å². The Morgan fingerprint density at radius 3 is 2.25 bits per heavy atom. The minimum atomic E-state index is -3.96. The van der Waals surface area contributed by atoms with Crippen molar-refractivity contribution in [3.05, 3.63) is 102 Å². The lowest BCUT2D eigenvalue weighted by molar-refractivity contribution is -0.114. The molecule has 0 saturated heterocycles. The number of hydrogen-bond donors (Lipinski definition) is 1. The van der Waals surface area contributed by atoms with Crippen LogP contribution in [0.4, 0.5) is 11.4 Å². The van der Waals surface area contributed by atoms with Gasteiger partial charge >= 0.3 is 0 Å². The summed E-state index contributed by atoms with van der Waals surface area (Å²) in [5.74, 6) is -0.434. The Morgan fingerprint density at radius 2 is 1.53 bits per heavy atom. The monoisotopic (exact) mass is 561 g/mol. The second-order valence-electron chi connectivity index (χ2n) is 8.34. The molecule has 5 rings (SSSR count). The molecule has 182 valence electrons. The summed E-state index contributed by atoms with van der Waals surface area (Å²) in [4.78, 5) is 13.3. The number of sulfonamides is 1. The predicted octanol–water partition coefficient (Wildman–Crippen LogP) is 6.41. The molecular formula is C28H24BrN3O3S. The smallest absolute Gasteiger partial charge is 0.264 e. The van der Waals surface area contributed by atoms with Crippen molar-refractivity contribution in [1.82, 2.24) is 4.57 Å². The van der Waals surface area contributed by atoms with Crippen molar-refractivity contribution in [3.8, 4) is 0 Å². The Bertz CT molecular complexity index is 1660. The Kier molecular flexibility index (Phi) is 6.55. The SMILES string of the molecule is CCn1c2ccccc2c2cc(NC(=O)CN(c3ccc(Br)cc3)S(=O)(=O)c3ccccc3)ccc21. The quantitative estimate of drug-likeness (QED) is 0.249. The van der Waals surface area contributed by atoms with Crippen molar-refractivity contribution in [2.24, 2.45) is 0 Å². The number of para-hydroxylation sites is 1. The molecule has 0 fully saturated rings. The zero-order valence-corrected chi connectivity index (χ0v) is 22.0. The van der Waals surface area contributed by atoms with Crippen LogP contribution in [0.1, 0.15) is 6.92 Å². The summed E-state index contributed by atoms with van der Waals surface area (Å²) in [5.41, 5.74) is 3.23. The van der Waals surface area contributed by atoms with Crippen LogP contribution < -0.4 is 9.62 Å². The summed E-state index contributed by atoms with van der Waals surface area (Å²) in [6, 6.07) is 28.9. The van der Waals surface area contributed by atoms with Crippen LogP contribution >= 0.6 is 15.9 Å². The molecule has 0 aliphatic rings. The maximum atomic E-state index is 13.5. The molecule has 1 N–H and O–H groups in total. The molecule has 0 unspecified atom stereocenters. The number of nitrogens with one attached hydrogen (secondary N) is 1. The molecule has 0 spiro atoms. The number of benzene rings is 4. The number of anilines is 2. The molecule has 0 radical (unpaired) electrons. The van der Waals surface area contributed by atoms with Crippen LogP contribution in [0.25, 0.3) is 21.8 Å². The molecule has 0 bridgehead atoms. The fourth-order valence-electron chi connectivity index (χ4n) is 4.45. The third-order valence-corrected chi connectivity index (χ3v) is 8.42. The predicted molar refractivity (Wildman–Crippen MR) is 149 cm³/mol. The number of aryl methyl sites for hydroxylation is 1. The van der Waals surface area contributed by atoms with E-state index in [1.807, 2.05) is 30.3 Å². The molecule has 8 heteroatoms. The van der Waals surface area contributed by atoms with Crippen LogP contribution in [0, 0.1) is 0 Å². The van der Waals surface area contributed by atoms with Gasteiger partial charge in [-0.1, -0.05) is 52.3 Å². The van der Waals surface area contributed by atoms with Crippen LogP contribution in [0.3, 0.4) is 0 Å². The summed E-state index contributed by atoms with van der Waals surface area (Å²) in [5, 5.41) is 5.04. The van der Waals surface area contributed by atoms with Crippen molar-refractivity contribution in [3.63, 3.8) is 0 Å². The highest BCUT2D eigenvalue weighted by Gasteiger charge is 2.27. The zero-order valence-electron chi connectivity index (χ0n) is 19.6. The summed E-state index contributed by atoms with van der Waals surface area (Å²) in [7, 11) is -3.96. The van der Waals surface area contributed by atoms with E-state index in [-0.39, 0.29) is 11.4 Å². The maximum absolute atomic E-state index is 13.5. The average molecular weight is 562 g/mol. The molecule has 4 aromatic carbocycles. The van der Waals surface area contributed by atoms with Crippen LogP contribution in [0.15, 0.2) is 106 Å². The van der Waals surface area contributed by atoms with Gasteiger partial charge in [-0.05, 0) is 67.6 Å². The van der Waals surface area contributed by atoms with E-state index in [0.717, 1.165) is 37.1 Å². The Hall–Kier alpha value is -3.62. The first-order valence-electron chi connectivity index (χ1n) is 11.5. The number of carbonyl (C=O) groups is 1. The van der Waals surface area contributed by atoms with Crippen LogP contribution in [0.5, 0.6) is 0 Å². The Balaban J connectivity index is 1.47. The Labute approximate surface area is 218 Å².